The smallest absolute Gasteiger partial charge is 0.193 e. The van der Waals surface area contributed by atoms with Crippen molar-refractivity contribution in [3.63, 3.8) is 0 Å². The van der Waals surface area contributed by atoms with Crippen molar-refractivity contribution in [1.29, 1.82) is 0 Å². The summed E-state index contributed by atoms with van der Waals surface area (Å²) in [5, 5.41) is 12.0. The second-order valence-electron chi connectivity index (χ2n) is 6.88. The molecule has 0 atom stereocenters. The van der Waals surface area contributed by atoms with Crippen LogP contribution in [0.25, 0.3) is 0 Å². The van der Waals surface area contributed by atoms with Gasteiger partial charge in [-0.1, -0.05) is 54.6 Å². The normalized spacial score (nSPS) is 17.2. The highest BCUT2D eigenvalue weighted by Crippen LogP contribution is 2.54. The van der Waals surface area contributed by atoms with Gasteiger partial charge in [-0.25, -0.2) is 0 Å². The summed E-state index contributed by atoms with van der Waals surface area (Å²) in [5.74, 6) is -0.814. The molecule has 3 aromatic carbocycles. The van der Waals surface area contributed by atoms with E-state index in [-0.39, 0.29) is 17.3 Å². The Morgan fingerprint density at radius 2 is 0.731 bits per heavy atom. The van der Waals surface area contributed by atoms with Gasteiger partial charge in [0.1, 0.15) is 5.60 Å². The van der Waals surface area contributed by atoms with Crippen LogP contribution in [0.2, 0.25) is 0 Å². The first-order valence-electron chi connectivity index (χ1n) is 8.32. The molecule has 0 amide bonds. The number of carbonyl (C=O) groups excluding carboxylic acids is 3. The van der Waals surface area contributed by atoms with Crippen molar-refractivity contribution in [3.8, 4) is 0 Å². The highest BCUT2D eigenvalue weighted by atomic mass is 16.3. The van der Waals surface area contributed by atoms with E-state index in [0.717, 1.165) is 0 Å². The van der Waals surface area contributed by atoms with Gasteiger partial charge in [-0.15, -0.1) is 0 Å². The van der Waals surface area contributed by atoms with E-state index >= 15 is 0 Å². The number of ketones is 3. The van der Waals surface area contributed by atoms with E-state index in [9.17, 15) is 19.5 Å². The zero-order valence-electron chi connectivity index (χ0n) is 13.4. The van der Waals surface area contributed by atoms with Crippen LogP contribution in [0.4, 0.5) is 0 Å². The van der Waals surface area contributed by atoms with Gasteiger partial charge in [-0.05, 0) is 0 Å². The number of benzene rings is 3. The predicted molar refractivity (Wildman–Crippen MR) is 91.7 cm³/mol. The van der Waals surface area contributed by atoms with Crippen LogP contribution in [-0.2, 0) is 5.60 Å². The molecular weight excluding hydrogens is 328 g/mol. The lowest BCUT2D eigenvalue weighted by Crippen LogP contribution is -2.47. The van der Waals surface area contributed by atoms with E-state index in [1.807, 2.05) is 0 Å². The Bertz CT molecular complexity index is 1020. The van der Waals surface area contributed by atoms with Gasteiger partial charge in [-0.2, -0.15) is 0 Å². The molecule has 3 aromatic rings. The van der Waals surface area contributed by atoms with Crippen molar-refractivity contribution < 1.29 is 19.5 Å². The SMILES string of the molecule is O=C1c2cccc3c2C2(O)c4c1cccc4C(=O)c1cccc(c12)C3=O. The van der Waals surface area contributed by atoms with Gasteiger partial charge in [0.05, 0.1) is 0 Å². The van der Waals surface area contributed by atoms with Crippen molar-refractivity contribution in [2.75, 3.05) is 0 Å². The maximum Gasteiger partial charge on any atom is 0.193 e. The van der Waals surface area contributed by atoms with Crippen molar-refractivity contribution in [1.82, 2.24) is 0 Å². The fraction of sp³-hybridized carbons (Fsp3) is 0.0455. The molecule has 1 N–H and O–H groups in total. The third kappa shape index (κ3) is 1.22. The molecule has 0 heterocycles. The first kappa shape index (κ1) is 13.9. The molecule has 0 aliphatic heterocycles. The van der Waals surface area contributed by atoms with E-state index in [1.165, 1.54) is 0 Å². The summed E-state index contributed by atoms with van der Waals surface area (Å²) in [7, 11) is 0. The zero-order chi connectivity index (χ0) is 17.8. The lowest BCUT2D eigenvalue weighted by Gasteiger charge is -2.45. The van der Waals surface area contributed by atoms with Crippen LogP contribution >= 0.6 is 0 Å². The largest absolute Gasteiger partial charge is 0.376 e. The highest BCUT2D eigenvalue weighted by molar-refractivity contribution is 6.25. The predicted octanol–water partition coefficient (Wildman–Crippen LogP) is 2.60. The lowest BCUT2D eigenvalue weighted by atomic mass is 9.59. The topological polar surface area (TPSA) is 71.4 Å². The summed E-state index contributed by atoms with van der Waals surface area (Å²) in [6.07, 6.45) is 0. The lowest BCUT2D eigenvalue weighted by molar-refractivity contribution is 0.0839. The Kier molecular flexibility index (Phi) is 2.16. The molecule has 0 aromatic heterocycles. The van der Waals surface area contributed by atoms with E-state index < -0.39 is 5.60 Å². The molecule has 0 radical (unpaired) electrons. The summed E-state index contributed by atoms with van der Waals surface area (Å²) >= 11 is 0. The summed E-state index contributed by atoms with van der Waals surface area (Å²) in [4.78, 5) is 39.2. The van der Waals surface area contributed by atoms with Gasteiger partial charge in [0.2, 0.25) is 0 Å². The molecule has 26 heavy (non-hydrogen) atoms. The fourth-order valence-electron chi connectivity index (χ4n) is 4.77. The molecule has 0 unspecified atom stereocenters. The first-order valence-corrected chi connectivity index (χ1v) is 8.32. The summed E-state index contributed by atoms with van der Waals surface area (Å²) in [5.41, 5.74) is 1.16. The van der Waals surface area contributed by atoms with E-state index in [4.69, 9.17) is 0 Å². The number of rotatable bonds is 0. The minimum absolute atomic E-state index is 0.271. The second kappa shape index (κ2) is 4.06. The Hall–Kier alpha value is -3.37. The molecule has 0 saturated carbocycles. The molecule has 0 fully saturated rings. The molecule has 6 rings (SSSR count). The van der Waals surface area contributed by atoms with Gasteiger partial charge in [-0.3, -0.25) is 14.4 Å². The average molecular weight is 338 g/mol. The number of carbonyl (C=O) groups is 3. The van der Waals surface area contributed by atoms with Crippen LogP contribution < -0.4 is 0 Å². The average Bonchev–Trinajstić information content (AvgIpc) is 2.68. The van der Waals surface area contributed by atoms with Crippen molar-refractivity contribution >= 4 is 17.3 Å². The molecular formula is C22H10O4. The third-order valence-electron chi connectivity index (χ3n) is 5.75. The van der Waals surface area contributed by atoms with Crippen molar-refractivity contribution in [2.45, 2.75) is 5.60 Å². The number of hydrogen-bond donors (Lipinski definition) is 1. The van der Waals surface area contributed by atoms with Crippen LogP contribution in [0.15, 0.2) is 54.6 Å². The van der Waals surface area contributed by atoms with E-state index in [2.05, 4.69) is 0 Å². The second-order valence-corrected chi connectivity index (χ2v) is 6.88. The Morgan fingerprint density at radius 3 is 0.962 bits per heavy atom. The third-order valence-corrected chi connectivity index (χ3v) is 5.75. The molecule has 0 spiro atoms. The fourth-order valence-corrected chi connectivity index (χ4v) is 4.77. The Labute approximate surface area is 147 Å². The maximum absolute atomic E-state index is 13.1. The monoisotopic (exact) mass is 338 g/mol. The van der Waals surface area contributed by atoms with Crippen LogP contribution in [0, 0.1) is 0 Å². The molecule has 122 valence electrons. The zero-order valence-corrected chi connectivity index (χ0v) is 13.4. The molecule has 3 aliphatic rings. The van der Waals surface area contributed by atoms with Gasteiger partial charge in [0, 0.05) is 50.1 Å². The first-order chi connectivity index (χ1) is 12.5. The van der Waals surface area contributed by atoms with Crippen molar-refractivity contribution in [2.24, 2.45) is 0 Å². The molecule has 4 nitrogen and oxygen atoms in total. The Balaban J connectivity index is 1.94. The van der Waals surface area contributed by atoms with Crippen LogP contribution in [0.5, 0.6) is 0 Å². The minimum Gasteiger partial charge on any atom is -0.376 e. The van der Waals surface area contributed by atoms with Crippen LogP contribution in [-0.4, -0.2) is 22.5 Å². The van der Waals surface area contributed by atoms with Gasteiger partial charge in [0.15, 0.2) is 17.3 Å². The van der Waals surface area contributed by atoms with Crippen molar-refractivity contribution in [3.05, 3.63) is 105 Å². The molecule has 3 aliphatic carbocycles. The summed E-state index contributed by atoms with van der Waals surface area (Å²) in [6, 6.07) is 14.8. The maximum atomic E-state index is 13.1. The number of aliphatic hydroxyl groups is 1. The van der Waals surface area contributed by atoms with Crippen LogP contribution in [0.3, 0.4) is 0 Å². The van der Waals surface area contributed by atoms with Gasteiger partial charge in [0.25, 0.3) is 0 Å². The van der Waals surface area contributed by atoms with Gasteiger partial charge >= 0.3 is 0 Å². The van der Waals surface area contributed by atoms with E-state index in [1.54, 1.807) is 54.6 Å². The molecule has 0 saturated heterocycles. The van der Waals surface area contributed by atoms with Gasteiger partial charge < -0.3 is 5.11 Å². The Morgan fingerprint density at radius 1 is 0.500 bits per heavy atom. The summed E-state index contributed by atoms with van der Waals surface area (Å²) in [6.45, 7) is 0. The minimum atomic E-state index is -1.67. The van der Waals surface area contributed by atoms with Crippen LogP contribution in [0.1, 0.15) is 64.5 Å². The van der Waals surface area contributed by atoms with E-state index in [0.29, 0.717) is 50.1 Å². The quantitative estimate of drug-likeness (QED) is 0.535. The highest BCUT2D eigenvalue weighted by Gasteiger charge is 2.55. The molecule has 4 heteroatoms. The molecule has 0 bridgehead atoms. The summed E-state index contributed by atoms with van der Waals surface area (Å²) < 4.78 is 0. The standard InChI is InChI=1S/C22H10O4/c23-19-10-4-1-5-11-16(10)22(26)17-12(19)6-2-8-14(17)21(25)15-9-3-7-13(18(15)22)20(11)24/h1-9,26H. The number of hydrogen-bond acceptors (Lipinski definition) is 4.